The van der Waals surface area contributed by atoms with Gasteiger partial charge in [0, 0.05) is 10.0 Å². The molecule has 0 spiro atoms. The van der Waals surface area contributed by atoms with Gasteiger partial charge >= 0.3 is 0 Å². The van der Waals surface area contributed by atoms with E-state index in [1.807, 2.05) is 31.2 Å². The summed E-state index contributed by atoms with van der Waals surface area (Å²) in [5.74, 6) is 0.121. The molecule has 1 atom stereocenters. The number of hydrogen-bond donors (Lipinski definition) is 2. The van der Waals surface area contributed by atoms with Crippen LogP contribution in [0.5, 0.6) is 5.75 Å². The fraction of sp³-hybridized carbons (Fsp3) is 0.176. The SMILES string of the molecule is CC(NC(=O)c1ccc2c(c1)OCC(=O)N2)c1ccc(Br)cc1. The number of carbonyl (C=O) groups is 2. The second kappa shape index (κ2) is 6.42. The smallest absolute Gasteiger partial charge is 0.262 e. The molecular formula is C17H15BrN2O3. The molecule has 0 fully saturated rings. The van der Waals surface area contributed by atoms with Gasteiger partial charge in [-0.3, -0.25) is 9.59 Å². The van der Waals surface area contributed by atoms with E-state index in [-0.39, 0.29) is 24.5 Å². The van der Waals surface area contributed by atoms with Gasteiger partial charge in [0.15, 0.2) is 6.61 Å². The minimum Gasteiger partial charge on any atom is -0.482 e. The summed E-state index contributed by atoms with van der Waals surface area (Å²) in [6.45, 7) is 1.89. The zero-order valence-electron chi connectivity index (χ0n) is 12.4. The third-order valence-electron chi connectivity index (χ3n) is 3.59. The molecule has 0 radical (unpaired) electrons. The van der Waals surface area contributed by atoms with Crippen molar-refractivity contribution >= 4 is 33.4 Å². The Labute approximate surface area is 142 Å². The van der Waals surface area contributed by atoms with Crippen LogP contribution in [0.1, 0.15) is 28.9 Å². The van der Waals surface area contributed by atoms with Crippen LogP contribution in [0.3, 0.4) is 0 Å². The van der Waals surface area contributed by atoms with E-state index in [9.17, 15) is 9.59 Å². The lowest BCUT2D eigenvalue weighted by Crippen LogP contribution is -2.28. The van der Waals surface area contributed by atoms with Crippen LogP contribution in [0.2, 0.25) is 0 Å². The Morgan fingerprint density at radius 2 is 2.00 bits per heavy atom. The van der Waals surface area contributed by atoms with Crippen LogP contribution >= 0.6 is 15.9 Å². The average Bonchev–Trinajstić information content (AvgIpc) is 2.54. The van der Waals surface area contributed by atoms with Gasteiger partial charge in [0.05, 0.1) is 11.7 Å². The van der Waals surface area contributed by atoms with Gasteiger partial charge < -0.3 is 15.4 Å². The van der Waals surface area contributed by atoms with Crippen LogP contribution in [-0.2, 0) is 4.79 Å². The van der Waals surface area contributed by atoms with E-state index in [1.165, 1.54) is 0 Å². The number of nitrogens with one attached hydrogen (secondary N) is 2. The van der Waals surface area contributed by atoms with E-state index in [2.05, 4.69) is 26.6 Å². The number of carbonyl (C=O) groups excluding carboxylic acids is 2. The Balaban J connectivity index is 1.73. The van der Waals surface area contributed by atoms with Gasteiger partial charge in [0.25, 0.3) is 11.8 Å². The topological polar surface area (TPSA) is 67.4 Å². The number of ether oxygens (including phenoxy) is 1. The highest BCUT2D eigenvalue weighted by molar-refractivity contribution is 9.10. The first-order valence-corrected chi connectivity index (χ1v) is 7.95. The molecule has 2 N–H and O–H groups in total. The first-order valence-electron chi connectivity index (χ1n) is 7.16. The van der Waals surface area contributed by atoms with Crippen LogP contribution in [0.15, 0.2) is 46.9 Å². The zero-order valence-corrected chi connectivity index (χ0v) is 14.0. The molecule has 2 amide bonds. The standard InChI is InChI=1S/C17H15BrN2O3/c1-10(11-2-5-13(18)6-3-11)19-17(22)12-4-7-14-15(8-12)23-9-16(21)20-14/h2-8,10H,9H2,1H3,(H,19,22)(H,20,21). The van der Waals surface area contributed by atoms with Crippen molar-refractivity contribution in [2.24, 2.45) is 0 Å². The molecule has 0 saturated carbocycles. The number of halogens is 1. The van der Waals surface area contributed by atoms with E-state index >= 15 is 0 Å². The van der Waals surface area contributed by atoms with Crippen molar-refractivity contribution in [3.8, 4) is 5.75 Å². The zero-order chi connectivity index (χ0) is 16.4. The molecule has 1 unspecified atom stereocenters. The summed E-state index contributed by atoms with van der Waals surface area (Å²) < 4.78 is 6.33. The van der Waals surface area contributed by atoms with Gasteiger partial charge in [-0.2, -0.15) is 0 Å². The summed E-state index contributed by atoms with van der Waals surface area (Å²) in [5, 5.41) is 5.65. The molecule has 1 aliphatic heterocycles. The maximum absolute atomic E-state index is 12.4. The van der Waals surface area contributed by atoms with Crippen LogP contribution in [-0.4, -0.2) is 18.4 Å². The van der Waals surface area contributed by atoms with Gasteiger partial charge in [-0.1, -0.05) is 28.1 Å². The predicted molar refractivity (Wildman–Crippen MR) is 90.6 cm³/mol. The molecule has 2 aromatic rings. The van der Waals surface area contributed by atoms with Crippen molar-refractivity contribution in [1.82, 2.24) is 5.32 Å². The maximum Gasteiger partial charge on any atom is 0.262 e. The van der Waals surface area contributed by atoms with E-state index in [1.54, 1.807) is 18.2 Å². The summed E-state index contributed by atoms with van der Waals surface area (Å²) in [7, 11) is 0. The quantitative estimate of drug-likeness (QED) is 0.866. The second-order valence-corrected chi connectivity index (χ2v) is 6.21. The van der Waals surface area contributed by atoms with Crippen LogP contribution in [0.4, 0.5) is 5.69 Å². The minimum atomic E-state index is -0.196. The van der Waals surface area contributed by atoms with Crippen LogP contribution in [0, 0.1) is 0 Å². The summed E-state index contributed by atoms with van der Waals surface area (Å²) in [5.41, 5.74) is 2.09. The molecule has 1 heterocycles. The molecule has 0 aromatic heterocycles. The largest absolute Gasteiger partial charge is 0.482 e. The minimum absolute atomic E-state index is 0.0344. The van der Waals surface area contributed by atoms with Gasteiger partial charge in [-0.25, -0.2) is 0 Å². The Morgan fingerprint density at radius 1 is 1.26 bits per heavy atom. The lowest BCUT2D eigenvalue weighted by molar-refractivity contribution is -0.118. The van der Waals surface area contributed by atoms with Crippen molar-refractivity contribution in [1.29, 1.82) is 0 Å². The normalized spacial score (nSPS) is 14.3. The summed E-state index contributed by atoms with van der Waals surface area (Å²) in [6.07, 6.45) is 0. The second-order valence-electron chi connectivity index (χ2n) is 5.29. The number of amides is 2. The third kappa shape index (κ3) is 3.53. The molecule has 0 bridgehead atoms. The molecule has 6 heteroatoms. The van der Waals surface area contributed by atoms with Crippen molar-refractivity contribution < 1.29 is 14.3 Å². The van der Waals surface area contributed by atoms with Crippen molar-refractivity contribution in [3.63, 3.8) is 0 Å². The predicted octanol–water partition coefficient (Wildman–Crippen LogP) is 3.27. The van der Waals surface area contributed by atoms with Crippen molar-refractivity contribution in [3.05, 3.63) is 58.1 Å². The maximum atomic E-state index is 12.4. The van der Waals surface area contributed by atoms with Crippen molar-refractivity contribution in [2.75, 3.05) is 11.9 Å². The summed E-state index contributed by atoms with van der Waals surface area (Å²) in [6, 6.07) is 12.6. The van der Waals surface area contributed by atoms with Crippen LogP contribution in [0.25, 0.3) is 0 Å². The lowest BCUT2D eigenvalue weighted by atomic mass is 10.1. The number of rotatable bonds is 3. The van der Waals surface area contributed by atoms with E-state index in [0.717, 1.165) is 10.0 Å². The molecule has 23 heavy (non-hydrogen) atoms. The summed E-state index contributed by atoms with van der Waals surface area (Å²) >= 11 is 3.39. The number of benzene rings is 2. The fourth-order valence-electron chi connectivity index (χ4n) is 2.33. The highest BCUT2D eigenvalue weighted by Crippen LogP contribution is 2.28. The molecule has 5 nitrogen and oxygen atoms in total. The van der Waals surface area contributed by atoms with E-state index in [4.69, 9.17) is 4.74 Å². The fourth-order valence-corrected chi connectivity index (χ4v) is 2.59. The van der Waals surface area contributed by atoms with Crippen LogP contribution < -0.4 is 15.4 Å². The third-order valence-corrected chi connectivity index (χ3v) is 4.12. The number of fused-ring (bicyclic) bond motifs is 1. The Bertz CT molecular complexity index is 759. The monoisotopic (exact) mass is 374 g/mol. The molecule has 2 aromatic carbocycles. The Morgan fingerprint density at radius 3 is 2.74 bits per heavy atom. The van der Waals surface area contributed by atoms with E-state index in [0.29, 0.717) is 17.0 Å². The van der Waals surface area contributed by atoms with Gasteiger partial charge in [-0.05, 0) is 42.8 Å². The molecule has 1 aliphatic rings. The van der Waals surface area contributed by atoms with Gasteiger partial charge in [-0.15, -0.1) is 0 Å². The van der Waals surface area contributed by atoms with Gasteiger partial charge in [0.2, 0.25) is 0 Å². The van der Waals surface area contributed by atoms with Gasteiger partial charge in [0.1, 0.15) is 5.75 Å². The molecular weight excluding hydrogens is 360 g/mol. The Kier molecular flexibility index (Phi) is 4.34. The molecule has 118 valence electrons. The molecule has 3 rings (SSSR count). The number of anilines is 1. The average molecular weight is 375 g/mol. The highest BCUT2D eigenvalue weighted by Gasteiger charge is 2.18. The first kappa shape index (κ1) is 15.6. The number of hydrogen-bond acceptors (Lipinski definition) is 3. The van der Waals surface area contributed by atoms with Crippen molar-refractivity contribution in [2.45, 2.75) is 13.0 Å². The van der Waals surface area contributed by atoms with E-state index < -0.39 is 0 Å². The lowest BCUT2D eigenvalue weighted by Gasteiger charge is -2.19. The highest BCUT2D eigenvalue weighted by atomic mass is 79.9. The summed E-state index contributed by atoms with van der Waals surface area (Å²) in [4.78, 5) is 23.6. The first-order chi connectivity index (χ1) is 11.0. The molecule has 0 aliphatic carbocycles. The molecule has 0 saturated heterocycles. The Hall–Kier alpha value is -2.34.